The number of hydrogen-bond acceptors (Lipinski definition) is 3. The van der Waals surface area contributed by atoms with E-state index in [-0.39, 0.29) is 0 Å². The van der Waals surface area contributed by atoms with Crippen molar-refractivity contribution < 1.29 is 4.74 Å². The molecule has 2 heterocycles. The lowest BCUT2D eigenvalue weighted by atomic mass is 9.94. The van der Waals surface area contributed by atoms with E-state index >= 15 is 0 Å². The monoisotopic (exact) mass is 286 g/mol. The molecule has 2 aliphatic heterocycles. The van der Waals surface area contributed by atoms with Gasteiger partial charge in [0, 0.05) is 30.1 Å². The van der Waals surface area contributed by atoms with Gasteiger partial charge in [0.15, 0.2) is 0 Å². The summed E-state index contributed by atoms with van der Waals surface area (Å²) in [5.74, 6) is 2.54. The van der Waals surface area contributed by atoms with Crippen molar-refractivity contribution in [2.45, 2.75) is 37.6 Å². The Labute approximate surface area is 127 Å². The summed E-state index contributed by atoms with van der Waals surface area (Å²) in [6, 6.07) is 8.55. The van der Waals surface area contributed by atoms with Crippen LogP contribution in [0.15, 0.2) is 24.3 Å². The van der Waals surface area contributed by atoms with Crippen LogP contribution in [0.4, 0.5) is 0 Å². The van der Waals surface area contributed by atoms with Crippen LogP contribution < -0.4 is 10.1 Å². The maximum atomic E-state index is 5.85. The van der Waals surface area contributed by atoms with Crippen molar-refractivity contribution in [3.8, 4) is 5.75 Å². The highest BCUT2D eigenvalue weighted by Gasteiger charge is 2.43. The molecule has 1 saturated carbocycles. The van der Waals surface area contributed by atoms with Gasteiger partial charge in [-0.05, 0) is 51.3 Å². The minimum atomic E-state index is 0.329. The second-order valence-corrected chi connectivity index (χ2v) is 7.25. The fraction of sp³-hybridized carbons (Fsp3) is 0.667. The summed E-state index contributed by atoms with van der Waals surface area (Å²) in [4.78, 5) is 2.68. The molecule has 0 aromatic heterocycles. The molecule has 1 aromatic carbocycles. The molecule has 3 nitrogen and oxygen atoms in total. The molecule has 114 valence electrons. The first kappa shape index (κ1) is 13.6. The zero-order valence-electron chi connectivity index (χ0n) is 13.0. The van der Waals surface area contributed by atoms with Crippen molar-refractivity contribution in [1.82, 2.24) is 10.2 Å². The number of benzene rings is 1. The van der Waals surface area contributed by atoms with E-state index in [2.05, 4.69) is 41.4 Å². The molecule has 1 aliphatic carbocycles. The van der Waals surface area contributed by atoms with Gasteiger partial charge in [0.05, 0.1) is 6.61 Å². The molecular formula is C18H26N2O. The van der Waals surface area contributed by atoms with Gasteiger partial charge in [-0.3, -0.25) is 0 Å². The van der Waals surface area contributed by atoms with Crippen molar-refractivity contribution in [3.63, 3.8) is 0 Å². The summed E-state index contributed by atoms with van der Waals surface area (Å²) in [7, 11) is 0. The highest BCUT2D eigenvalue weighted by molar-refractivity contribution is 5.39. The predicted octanol–water partition coefficient (Wildman–Crippen LogP) is 2.63. The Balaban J connectivity index is 1.46. The quantitative estimate of drug-likeness (QED) is 0.924. The summed E-state index contributed by atoms with van der Waals surface area (Å²) in [5.41, 5.74) is 1.73. The minimum absolute atomic E-state index is 0.329. The van der Waals surface area contributed by atoms with Crippen LogP contribution in [-0.2, 0) is 0 Å². The molecule has 0 bridgehead atoms. The Morgan fingerprint density at radius 1 is 1.33 bits per heavy atom. The topological polar surface area (TPSA) is 24.5 Å². The molecule has 4 rings (SSSR count). The first-order valence-electron chi connectivity index (χ1n) is 8.44. The summed E-state index contributed by atoms with van der Waals surface area (Å²) in [5, 5.41) is 3.82. The molecule has 0 radical (unpaired) electrons. The summed E-state index contributed by atoms with van der Waals surface area (Å²) < 4.78 is 5.85. The fourth-order valence-electron chi connectivity index (χ4n) is 4.12. The number of rotatable bonds is 3. The van der Waals surface area contributed by atoms with Crippen LogP contribution in [0.2, 0.25) is 0 Å². The average molecular weight is 286 g/mol. The van der Waals surface area contributed by atoms with Crippen molar-refractivity contribution >= 4 is 0 Å². The van der Waals surface area contributed by atoms with Crippen molar-refractivity contribution in [3.05, 3.63) is 29.8 Å². The third-order valence-corrected chi connectivity index (χ3v) is 5.49. The van der Waals surface area contributed by atoms with Gasteiger partial charge < -0.3 is 15.0 Å². The lowest BCUT2D eigenvalue weighted by Gasteiger charge is -2.34. The van der Waals surface area contributed by atoms with Crippen molar-refractivity contribution in [2.75, 3.05) is 32.8 Å². The normalized spacial score (nSPS) is 33.3. The number of nitrogens with one attached hydrogen (secondary N) is 1. The summed E-state index contributed by atoms with van der Waals surface area (Å²) >= 11 is 0. The molecule has 3 heteroatoms. The second-order valence-electron chi connectivity index (χ2n) is 7.25. The van der Waals surface area contributed by atoms with Crippen LogP contribution in [0.3, 0.4) is 0 Å². The molecule has 1 N–H and O–H groups in total. The van der Waals surface area contributed by atoms with Gasteiger partial charge in [0.2, 0.25) is 0 Å². The standard InChI is InChI=1S/C18H26N2O/c1-18(15-7-8-15)13-20(10-4-9-19-18)11-14-12-21-17-6-3-2-5-16(14)17/h2-3,5-6,14-15,19H,4,7-13H2,1H3. The number of fused-ring (bicyclic) bond motifs is 1. The molecule has 1 saturated heterocycles. The maximum absolute atomic E-state index is 5.85. The zero-order chi connectivity index (χ0) is 14.3. The average Bonchev–Trinajstić information content (AvgIpc) is 3.28. The third-order valence-electron chi connectivity index (χ3n) is 5.49. The molecule has 2 unspecified atom stereocenters. The highest BCUT2D eigenvalue weighted by Crippen LogP contribution is 2.41. The van der Waals surface area contributed by atoms with Crippen LogP contribution >= 0.6 is 0 Å². The van der Waals surface area contributed by atoms with Crippen LogP contribution in [0.5, 0.6) is 5.75 Å². The molecule has 3 aliphatic rings. The van der Waals surface area contributed by atoms with Gasteiger partial charge in [-0.15, -0.1) is 0 Å². The first-order valence-corrected chi connectivity index (χ1v) is 8.44. The smallest absolute Gasteiger partial charge is 0.122 e. The van der Waals surface area contributed by atoms with Gasteiger partial charge >= 0.3 is 0 Å². The van der Waals surface area contributed by atoms with E-state index in [4.69, 9.17) is 4.74 Å². The largest absolute Gasteiger partial charge is 0.493 e. The van der Waals surface area contributed by atoms with E-state index in [0.717, 1.165) is 24.8 Å². The van der Waals surface area contributed by atoms with Crippen LogP contribution in [0.1, 0.15) is 37.7 Å². The molecule has 0 spiro atoms. The van der Waals surface area contributed by atoms with Crippen LogP contribution in [0.25, 0.3) is 0 Å². The summed E-state index contributed by atoms with van der Waals surface area (Å²) in [6.07, 6.45) is 4.08. The zero-order valence-corrected chi connectivity index (χ0v) is 13.0. The van der Waals surface area contributed by atoms with E-state index in [1.54, 1.807) is 0 Å². The Bertz CT molecular complexity index is 514. The summed E-state index contributed by atoms with van der Waals surface area (Å²) in [6.45, 7) is 8.00. The molecule has 0 amide bonds. The Hall–Kier alpha value is -1.06. The second kappa shape index (κ2) is 5.29. The van der Waals surface area contributed by atoms with E-state index in [1.165, 1.54) is 44.5 Å². The Kier molecular flexibility index (Phi) is 3.43. The Morgan fingerprint density at radius 2 is 2.19 bits per heavy atom. The van der Waals surface area contributed by atoms with Crippen LogP contribution in [-0.4, -0.2) is 43.2 Å². The molecule has 2 fully saturated rings. The SMILES string of the molecule is CC1(C2CC2)CN(CC2COc3ccccc32)CCCN1. The number of para-hydroxylation sites is 1. The van der Waals surface area contributed by atoms with E-state index in [1.807, 2.05) is 0 Å². The molecule has 1 aromatic rings. The van der Waals surface area contributed by atoms with Crippen molar-refractivity contribution in [1.29, 1.82) is 0 Å². The fourth-order valence-corrected chi connectivity index (χ4v) is 4.12. The third kappa shape index (κ3) is 2.69. The highest BCUT2D eigenvalue weighted by atomic mass is 16.5. The maximum Gasteiger partial charge on any atom is 0.122 e. The number of hydrogen-bond donors (Lipinski definition) is 1. The predicted molar refractivity (Wildman–Crippen MR) is 84.9 cm³/mol. The van der Waals surface area contributed by atoms with Crippen LogP contribution in [0, 0.1) is 5.92 Å². The number of nitrogens with zero attached hydrogens (tertiary/aromatic N) is 1. The molecular weight excluding hydrogens is 260 g/mol. The van der Waals surface area contributed by atoms with E-state index < -0.39 is 0 Å². The first-order chi connectivity index (χ1) is 10.2. The van der Waals surface area contributed by atoms with Gasteiger partial charge in [-0.25, -0.2) is 0 Å². The van der Waals surface area contributed by atoms with E-state index in [0.29, 0.717) is 11.5 Å². The van der Waals surface area contributed by atoms with E-state index in [9.17, 15) is 0 Å². The van der Waals surface area contributed by atoms with Gasteiger partial charge in [0.1, 0.15) is 5.75 Å². The van der Waals surface area contributed by atoms with Gasteiger partial charge in [0.25, 0.3) is 0 Å². The van der Waals surface area contributed by atoms with Gasteiger partial charge in [-0.1, -0.05) is 18.2 Å². The van der Waals surface area contributed by atoms with Gasteiger partial charge in [-0.2, -0.15) is 0 Å². The molecule has 21 heavy (non-hydrogen) atoms. The lowest BCUT2D eigenvalue weighted by Crippen LogP contribution is -2.51. The Morgan fingerprint density at radius 3 is 3.05 bits per heavy atom. The molecule has 2 atom stereocenters. The lowest BCUT2D eigenvalue weighted by molar-refractivity contribution is 0.183. The number of ether oxygens (including phenoxy) is 1. The van der Waals surface area contributed by atoms with Crippen molar-refractivity contribution in [2.24, 2.45) is 5.92 Å². The minimum Gasteiger partial charge on any atom is -0.493 e.